The van der Waals surface area contributed by atoms with Crippen molar-refractivity contribution in [2.75, 3.05) is 0 Å². The number of hydrogen-bond donors (Lipinski definition) is 2. The fourth-order valence-electron chi connectivity index (χ4n) is 3.41. The van der Waals surface area contributed by atoms with E-state index in [9.17, 15) is 23.5 Å². The summed E-state index contributed by atoms with van der Waals surface area (Å²) in [6.45, 7) is 1.66. The molecule has 2 fully saturated rings. The van der Waals surface area contributed by atoms with Gasteiger partial charge in [-0.15, -0.1) is 0 Å². The first-order chi connectivity index (χ1) is 9.74. The molecule has 0 saturated heterocycles. The molecule has 0 aromatic heterocycles. The van der Waals surface area contributed by atoms with Gasteiger partial charge < -0.3 is 10.4 Å². The molecular weight excluding hydrogens is 280 g/mol. The highest BCUT2D eigenvalue weighted by molar-refractivity contribution is 5.81. The standard InChI is InChI=1S/C15H23F2NO3/c1-14(13(20)21)7-3-2-4-11(14)18-12(19)10-5-8-15(16,17)9-6-10/h10-11H,2-9H2,1H3,(H,18,19)(H,20,21). The molecule has 0 aliphatic heterocycles. The molecule has 2 aliphatic rings. The lowest BCUT2D eigenvalue weighted by Crippen LogP contribution is -2.53. The topological polar surface area (TPSA) is 66.4 Å². The van der Waals surface area contributed by atoms with Gasteiger partial charge in [-0.05, 0) is 32.6 Å². The minimum atomic E-state index is -2.66. The third-order valence-electron chi connectivity index (χ3n) is 5.10. The Morgan fingerprint density at radius 1 is 1.10 bits per heavy atom. The number of nitrogens with one attached hydrogen (secondary N) is 1. The maximum atomic E-state index is 13.1. The van der Waals surface area contributed by atoms with E-state index in [1.54, 1.807) is 6.92 Å². The van der Waals surface area contributed by atoms with Crippen LogP contribution >= 0.6 is 0 Å². The summed E-state index contributed by atoms with van der Waals surface area (Å²) in [5.41, 5.74) is -0.952. The second-order valence-corrected chi connectivity index (χ2v) is 6.66. The minimum Gasteiger partial charge on any atom is -0.481 e. The van der Waals surface area contributed by atoms with E-state index >= 15 is 0 Å². The number of rotatable bonds is 3. The smallest absolute Gasteiger partial charge is 0.311 e. The zero-order valence-electron chi connectivity index (χ0n) is 12.3. The van der Waals surface area contributed by atoms with Gasteiger partial charge in [-0.25, -0.2) is 8.78 Å². The Morgan fingerprint density at radius 3 is 2.29 bits per heavy atom. The number of carbonyl (C=O) groups excluding carboxylic acids is 1. The molecule has 0 bridgehead atoms. The van der Waals surface area contributed by atoms with Crippen molar-refractivity contribution in [3.63, 3.8) is 0 Å². The van der Waals surface area contributed by atoms with Crippen LogP contribution in [-0.4, -0.2) is 28.9 Å². The fourth-order valence-corrected chi connectivity index (χ4v) is 3.41. The highest BCUT2D eigenvalue weighted by atomic mass is 19.3. The molecule has 2 N–H and O–H groups in total. The Bertz CT molecular complexity index is 417. The number of alkyl halides is 2. The molecule has 120 valence electrons. The van der Waals surface area contributed by atoms with Gasteiger partial charge >= 0.3 is 5.97 Å². The molecule has 2 rings (SSSR count). The van der Waals surface area contributed by atoms with Crippen LogP contribution < -0.4 is 5.32 Å². The molecule has 4 nitrogen and oxygen atoms in total. The van der Waals surface area contributed by atoms with E-state index in [1.807, 2.05) is 0 Å². The quantitative estimate of drug-likeness (QED) is 0.842. The van der Waals surface area contributed by atoms with Gasteiger partial charge in [-0.2, -0.15) is 0 Å². The van der Waals surface area contributed by atoms with Crippen molar-refractivity contribution in [3.05, 3.63) is 0 Å². The van der Waals surface area contributed by atoms with Gasteiger partial charge in [0.15, 0.2) is 0 Å². The lowest BCUT2D eigenvalue weighted by atomic mass is 9.71. The van der Waals surface area contributed by atoms with E-state index < -0.39 is 29.3 Å². The summed E-state index contributed by atoms with van der Waals surface area (Å²) in [6.07, 6.45) is 2.73. The zero-order chi connectivity index (χ0) is 15.7. The van der Waals surface area contributed by atoms with Crippen molar-refractivity contribution in [1.82, 2.24) is 5.32 Å². The molecule has 0 spiro atoms. The Hall–Kier alpha value is -1.20. The van der Waals surface area contributed by atoms with E-state index in [0.29, 0.717) is 12.8 Å². The van der Waals surface area contributed by atoms with Gasteiger partial charge in [-0.3, -0.25) is 9.59 Å². The Kier molecular flexibility index (Phi) is 4.54. The molecule has 0 heterocycles. The monoisotopic (exact) mass is 303 g/mol. The molecule has 2 atom stereocenters. The Labute approximate surface area is 123 Å². The Morgan fingerprint density at radius 2 is 1.71 bits per heavy atom. The largest absolute Gasteiger partial charge is 0.481 e. The second kappa shape index (κ2) is 5.89. The molecule has 0 radical (unpaired) electrons. The van der Waals surface area contributed by atoms with Crippen LogP contribution in [0, 0.1) is 11.3 Å². The maximum Gasteiger partial charge on any atom is 0.311 e. The van der Waals surface area contributed by atoms with E-state index in [0.717, 1.165) is 12.8 Å². The number of halogens is 2. The van der Waals surface area contributed by atoms with Crippen LogP contribution in [0.2, 0.25) is 0 Å². The van der Waals surface area contributed by atoms with E-state index in [2.05, 4.69) is 5.32 Å². The summed E-state index contributed by atoms with van der Waals surface area (Å²) in [7, 11) is 0. The average molecular weight is 303 g/mol. The number of aliphatic carboxylic acids is 1. The number of carboxylic acid groups (broad SMARTS) is 1. The Balaban J connectivity index is 1.97. The number of amides is 1. The minimum absolute atomic E-state index is 0.176. The van der Waals surface area contributed by atoms with Crippen LogP contribution in [-0.2, 0) is 9.59 Å². The number of carbonyl (C=O) groups is 2. The summed E-state index contributed by atoms with van der Waals surface area (Å²) < 4.78 is 26.2. The average Bonchev–Trinajstić information content (AvgIpc) is 2.41. The van der Waals surface area contributed by atoms with Crippen LogP contribution in [0.1, 0.15) is 58.3 Å². The van der Waals surface area contributed by atoms with Gasteiger partial charge in [0.25, 0.3) is 0 Å². The van der Waals surface area contributed by atoms with E-state index in [4.69, 9.17) is 0 Å². The predicted octanol–water partition coefficient (Wildman–Crippen LogP) is 2.96. The lowest BCUT2D eigenvalue weighted by molar-refractivity contribution is -0.152. The summed E-state index contributed by atoms with van der Waals surface area (Å²) in [5, 5.41) is 12.2. The predicted molar refractivity (Wildman–Crippen MR) is 73.0 cm³/mol. The van der Waals surface area contributed by atoms with Gasteiger partial charge in [0.05, 0.1) is 5.41 Å². The van der Waals surface area contributed by atoms with Crippen LogP contribution in [0.25, 0.3) is 0 Å². The van der Waals surface area contributed by atoms with E-state index in [1.165, 1.54) is 0 Å². The van der Waals surface area contributed by atoms with E-state index in [-0.39, 0.29) is 31.6 Å². The summed E-state index contributed by atoms with van der Waals surface area (Å²) in [6, 6.07) is -0.404. The van der Waals surface area contributed by atoms with Crippen molar-refractivity contribution in [3.8, 4) is 0 Å². The fraction of sp³-hybridized carbons (Fsp3) is 0.867. The summed E-state index contributed by atoms with van der Waals surface area (Å²) in [5.74, 6) is -4.23. The van der Waals surface area contributed by atoms with Crippen molar-refractivity contribution < 1.29 is 23.5 Å². The van der Waals surface area contributed by atoms with Gasteiger partial charge in [-0.1, -0.05) is 12.8 Å². The third kappa shape index (κ3) is 3.52. The molecule has 1 amide bonds. The van der Waals surface area contributed by atoms with Gasteiger partial charge in [0, 0.05) is 24.8 Å². The zero-order valence-corrected chi connectivity index (χ0v) is 12.3. The van der Waals surface area contributed by atoms with Crippen LogP contribution in [0.15, 0.2) is 0 Å². The van der Waals surface area contributed by atoms with Crippen molar-refractivity contribution >= 4 is 11.9 Å². The highest BCUT2D eigenvalue weighted by Gasteiger charge is 2.45. The normalized spacial score (nSPS) is 33.4. The van der Waals surface area contributed by atoms with Crippen LogP contribution in [0.3, 0.4) is 0 Å². The SMILES string of the molecule is CC1(C(=O)O)CCCCC1NC(=O)C1CCC(F)(F)CC1. The number of carboxylic acids is 1. The first-order valence-electron chi connectivity index (χ1n) is 7.66. The van der Waals surface area contributed by atoms with Crippen molar-refractivity contribution in [2.45, 2.75) is 70.3 Å². The molecule has 6 heteroatoms. The first-order valence-corrected chi connectivity index (χ1v) is 7.66. The van der Waals surface area contributed by atoms with Crippen LogP contribution in [0.5, 0.6) is 0 Å². The van der Waals surface area contributed by atoms with Crippen molar-refractivity contribution in [1.29, 1.82) is 0 Å². The molecular formula is C15H23F2NO3. The van der Waals surface area contributed by atoms with Crippen LogP contribution in [0.4, 0.5) is 8.78 Å². The molecule has 2 aliphatic carbocycles. The highest BCUT2D eigenvalue weighted by Crippen LogP contribution is 2.39. The summed E-state index contributed by atoms with van der Waals surface area (Å²) in [4.78, 5) is 23.7. The van der Waals surface area contributed by atoms with Crippen molar-refractivity contribution in [2.24, 2.45) is 11.3 Å². The maximum absolute atomic E-state index is 13.1. The molecule has 2 unspecified atom stereocenters. The third-order valence-corrected chi connectivity index (χ3v) is 5.10. The lowest BCUT2D eigenvalue weighted by Gasteiger charge is -2.39. The summed E-state index contributed by atoms with van der Waals surface area (Å²) >= 11 is 0. The molecule has 0 aromatic carbocycles. The second-order valence-electron chi connectivity index (χ2n) is 6.66. The van der Waals surface area contributed by atoms with Gasteiger partial charge in [0.2, 0.25) is 11.8 Å². The number of hydrogen-bond acceptors (Lipinski definition) is 2. The van der Waals surface area contributed by atoms with Gasteiger partial charge in [0.1, 0.15) is 0 Å². The first kappa shape index (κ1) is 16.2. The molecule has 0 aromatic rings. The molecule has 21 heavy (non-hydrogen) atoms. The molecule has 2 saturated carbocycles.